The molecule has 23 heavy (non-hydrogen) atoms. The van der Waals surface area contributed by atoms with Crippen LogP contribution in [0.3, 0.4) is 0 Å². The van der Waals surface area contributed by atoms with E-state index in [1.165, 1.54) is 5.69 Å². The number of benzene rings is 1. The third-order valence-electron chi connectivity index (χ3n) is 3.41. The molecule has 1 fully saturated rings. The van der Waals surface area contributed by atoms with Crippen molar-refractivity contribution < 1.29 is 9.53 Å². The van der Waals surface area contributed by atoms with Gasteiger partial charge in [-0.25, -0.2) is 4.79 Å². The van der Waals surface area contributed by atoms with Crippen molar-refractivity contribution in [1.82, 2.24) is 5.32 Å². The van der Waals surface area contributed by atoms with Crippen LogP contribution in [0.1, 0.15) is 47.5 Å². The first kappa shape index (κ1) is 19.6. The van der Waals surface area contributed by atoms with Gasteiger partial charge in [-0.15, -0.1) is 0 Å². The standard InChI is InChI=1S/C16H23ClN2O2.C2H6/c1-16(2,3)21-15(20)18-13-8-10-19(11-9-13)14-6-4-12(17)5-7-14;1-2/h4-7,13H,8-11H2,1-3H3,(H,18,20);1-2H3. The summed E-state index contributed by atoms with van der Waals surface area (Å²) in [6.45, 7) is 11.4. The van der Waals surface area contributed by atoms with E-state index < -0.39 is 5.60 Å². The van der Waals surface area contributed by atoms with Crippen LogP contribution >= 0.6 is 11.6 Å². The zero-order valence-corrected chi connectivity index (χ0v) is 15.6. The van der Waals surface area contributed by atoms with Gasteiger partial charge < -0.3 is 15.0 Å². The van der Waals surface area contributed by atoms with Gasteiger partial charge in [-0.1, -0.05) is 25.4 Å². The highest BCUT2D eigenvalue weighted by molar-refractivity contribution is 6.30. The van der Waals surface area contributed by atoms with Gasteiger partial charge in [0.15, 0.2) is 0 Å². The molecule has 0 aromatic heterocycles. The fourth-order valence-corrected chi connectivity index (χ4v) is 2.53. The smallest absolute Gasteiger partial charge is 0.407 e. The molecule has 0 bridgehead atoms. The number of nitrogens with zero attached hydrogens (tertiary/aromatic N) is 1. The van der Waals surface area contributed by atoms with E-state index in [4.69, 9.17) is 16.3 Å². The molecule has 1 N–H and O–H groups in total. The highest BCUT2D eigenvalue weighted by atomic mass is 35.5. The van der Waals surface area contributed by atoms with Gasteiger partial charge in [0.25, 0.3) is 0 Å². The first-order chi connectivity index (χ1) is 10.8. The van der Waals surface area contributed by atoms with Crippen LogP contribution in [0.4, 0.5) is 10.5 Å². The van der Waals surface area contributed by atoms with Crippen molar-refractivity contribution in [2.45, 2.75) is 59.1 Å². The van der Waals surface area contributed by atoms with Crippen molar-refractivity contribution in [3.05, 3.63) is 29.3 Å². The second-order valence-electron chi connectivity index (χ2n) is 6.38. The number of halogens is 1. The third-order valence-corrected chi connectivity index (χ3v) is 3.66. The summed E-state index contributed by atoms with van der Waals surface area (Å²) in [7, 11) is 0. The van der Waals surface area contributed by atoms with Crippen molar-refractivity contribution in [3.63, 3.8) is 0 Å². The fourth-order valence-electron chi connectivity index (χ4n) is 2.41. The van der Waals surface area contributed by atoms with Crippen molar-refractivity contribution >= 4 is 23.4 Å². The molecule has 0 atom stereocenters. The van der Waals surface area contributed by atoms with Crippen molar-refractivity contribution in [2.75, 3.05) is 18.0 Å². The SMILES string of the molecule is CC.CC(C)(C)OC(=O)NC1CCN(c2ccc(Cl)cc2)CC1. The minimum atomic E-state index is -0.450. The van der Waals surface area contributed by atoms with Crippen LogP contribution < -0.4 is 10.2 Å². The summed E-state index contributed by atoms with van der Waals surface area (Å²) >= 11 is 5.90. The predicted octanol–water partition coefficient (Wildman–Crippen LogP) is 4.86. The Morgan fingerprint density at radius 2 is 1.70 bits per heavy atom. The van der Waals surface area contributed by atoms with Gasteiger partial charge in [0.1, 0.15) is 5.60 Å². The highest BCUT2D eigenvalue weighted by Crippen LogP contribution is 2.22. The first-order valence-corrected chi connectivity index (χ1v) is 8.71. The fraction of sp³-hybridized carbons (Fsp3) is 0.611. The van der Waals surface area contributed by atoms with Gasteiger partial charge in [0.2, 0.25) is 0 Å². The van der Waals surface area contributed by atoms with Crippen LogP contribution in [0, 0.1) is 0 Å². The number of hydrogen-bond acceptors (Lipinski definition) is 3. The molecule has 1 aromatic rings. The maximum absolute atomic E-state index is 11.8. The zero-order valence-electron chi connectivity index (χ0n) is 14.9. The van der Waals surface area contributed by atoms with Crippen LogP contribution in [0.15, 0.2) is 24.3 Å². The molecule has 1 saturated heterocycles. The summed E-state index contributed by atoms with van der Waals surface area (Å²) in [6.07, 6.45) is 1.51. The molecule has 0 radical (unpaired) electrons. The Labute approximate surface area is 145 Å². The van der Waals surface area contributed by atoms with Gasteiger partial charge in [-0.05, 0) is 57.9 Å². The Morgan fingerprint density at radius 3 is 2.17 bits per heavy atom. The molecule has 4 nitrogen and oxygen atoms in total. The molecular formula is C18H29ClN2O2. The van der Waals surface area contributed by atoms with Crippen LogP contribution in [-0.2, 0) is 4.74 Å². The largest absolute Gasteiger partial charge is 0.444 e. The molecule has 130 valence electrons. The average molecular weight is 341 g/mol. The topological polar surface area (TPSA) is 41.6 Å². The lowest BCUT2D eigenvalue weighted by atomic mass is 10.0. The van der Waals surface area contributed by atoms with Crippen LogP contribution in [0.25, 0.3) is 0 Å². The molecule has 1 aliphatic rings. The van der Waals surface area contributed by atoms with E-state index in [2.05, 4.69) is 10.2 Å². The van der Waals surface area contributed by atoms with Gasteiger partial charge in [0, 0.05) is 29.8 Å². The summed E-state index contributed by atoms with van der Waals surface area (Å²) in [6, 6.07) is 8.06. The lowest BCUT2D eigenvalue weighted by molar-refractivity contribution is 0.0497. The van der Waals surface area contributed by atoms with E-state index in [1.807, 2.05) is 58.9 Å². The summed E-state index contributed by atoms with van der Waals surface area (Å²) in [4.78, 5) is 14.1. The Hall–Kier alpha value is -1.42. The van der Waals surface area contributed by atoms with Crippen molar-refractivity contribution in [2.24, 2.45) is 0 Å². The molecule has 0 spiro atoms. The zero-order chi connectivity index (χ0) is 17.5. The van der Waals surface area contributed by atoms with Crippen LogP contribution in [0.5, 0.6) is 0 Å². The maximum Gasteiger partial charge on any atom is 0.407 e. The molecule has 2 rings (SSSR count). The second kappa shape index (κ2) is 9.02. The molecule has 1 amide bonds. The van der Waals surface area contributed by atoms with E-state index in [0.717, 1.165) is 31.0 Å². The summed E-state index contributed by atoms with van der Waals surface area (Å²) in [5.41, 5.74) is 0.726. The Balaban J connectivity index is 0.00000127. The number of alkyl carbamates (subject to hydrolysis) is 1. The minimum Gasteiger partial charge on any atom is -0.444 e. The average Bonchev–Trinajstić information content (AvgIpc) is 2.49. The van der Waals surface area contributed by atoms with E-state index in [9.17, 15) is 4.79 Å². The van der Waals surface area contributed by atoms with Gasteiger partial charge >= 0.3 is 6.09 Å². The number of nitrogens with one attached hydrogen (secondary N) is 1. The van der Waals surface area contributed by atoms with Gasteiger partial charge in [0.05, 0.1) is 0 Å². The van der Waals surface area contributed by atoms with E-state index >= 15 is 0 Å². The molecule has 0 unspecified atom stereocenters. The van der Waals surface area contributed by atoms with E-state index in [1.54, 1.807) is 0 Å². The number of ether oxygens (including phenoxy) is 1. The number of carbonyl (C=O) groups excluding carboxylic acids is 1. The third kappa shape index (κ3) is 7.12. The highest BCUT2D eigenvalue weighted by Gasteiger charge is 2.23. The number of hydrogen-bond donors (Lipinski definition) is 1. The minimum absolute atomic E-state index is 0.184. The Morgan fingerprint density at radius 1 is 1.17 bits per heavy atom. The second-order valence-corrected chi connectivity index (χ2v) is 6.82. The number of piperidine rings is 1. The molecule has 0 aliphatic carbocycles. The quantitative estimate of drug-likeness (QED) is 0.835. The molecule has 1 heterocycles. The van der Waals surface area contributed by atoms with E-state index in [0.29, 0.717) is 0 Å². The molecule has 1 aromatic carbocycles. The Kier molecular flexibility index (Phi) is 7.69. The summed E-state index contributed by atoms with van der Waals surface area (Å²) in [5.74, 6) is 0. The number of anilines is 1. The van der Waals surface area contributed by atoms with Crippen molar-refractivity contribution in [3.8, 4) is 0 Å². The molecule has 0 saturated carbocycles. The number of amides is 1. The summed E-state index contributed by atoms with van der Waals surface area (Å²) in [5, 5.41) is 3.70. The Bertz CT molecular complexity index is 475. The van der Waals surface area contributed by atoms with Gasteiger partial charge in [-0.3, -0.25) is 0 Å². The lowest BCUT2D eigenvalue weighted by Crippen LogP contribution is -2.46. The van der Waals surface area contributed by atoms with Gasteiger partial charge in [-0.2, -0.15) is 0 Å². The summed E-state index contributed by atoms with van der Waals surface area (Å²) < 4.78 is 5.29. The molecule has 1 aliphatic heterocycles. The monoisotopic (exact) mass is 340 g/mol. The lowest BCUT2D eigenvalue weighted by Gasteiger charge is -2.34. The maximum atomic E-state index is 11.8. The van der Waals surface area contributed by atoms with E-state index in [-0.39, 0.29) is 12.1 Å². The first-order valence-electron chi connectivity index (χ1n) is 8.33. The number of carbonyl (C=O) groups is 1. The van der Waals surface area contributed by atoms with Crippen LogP contribution in [-0.4, -0.2) is 30.8 Å². The predicted molar refractivity (Wildman–Crippen MR) is 97.4 cm³/mol. The van der Waals surface area contributed by atoms with Crippen LogP contribution in [0.2, 0.25) is 5.02 Å². The number of rotatable bonds is 2. The normalized spacial score (nSPS) is 15.5. The molecule has 5 heteroatoms. The molecular weight excluding hydrogens is 312 g/mol. The van der Waals surface area contributed by atoms with Crippen molar-refractivity contribution in [1.29, 1.82) is 0 Å².